The number of hydrogen-bond donors (Lipinski definition) is 2. The second-order valence-electron chi connectivity index (χ2n) is 5.07. The predicted octanol–water partition coefficient (Wildman–Crippen LogP) is 2.95. The maximum Gasteiger partial charge on any atom is 0.150 e. The lowest BCUT2D eigenvalue weighted by Gasteiger charge is -2.33. The second-order valence-corrected chi connectivity index (χ2v) is 5.45. The first-order chi connectivity index (χ1) is 8.08. The summed E-state index contributed by atoms with van der Waals surface area (Å²) in [7, 11) is 0. The fraction of sp³-hybridized carbons (Fsp3) is 0.667. The highest BCUT2D eigenvalue weighted by molar-refractivity contribution is 6.35. The van der Waals surface area contributed by atoms with Gasteiger partial charge in [-0.3, -0.25) is 0 Å². The van der Waals surface area contributed by atoms with Crippen LogP contribution in [0.4, 0.5) is 11.6 Å². The lowest BCUT2D eigenvalue weighted by atomic mass is 9.80. The number of halogens is 1. The molecule has 3 N–H and O–H groups in total. The maximum atomic E-state index is 6.08. The quantitative estimate of drug-likeness (QED) is 0.852. The van der Waals surface area contributed by atoms with Crippen molar-refractivity contribution in [1.82, 2.24) is 9.97 Å². The van der Waals surface area contributed by atoms with E-state index < -0.39 is 0 Å². The SMILES string of the molecule is CC1CCC(Nc2ncnc(N)c2Cl)C(C)C1. The van der Waals surface area contributed by atoms with Gasteiger partial charge in [0.15, 0.2) is 5.82 Å². The van der Waals surface area contributed by atoms with E-state index in [1.807, 2.05) is 0 Å². The molecule has 1 saturated carbocycles. The smallest absolute Gasteiger partial charge is 0.150 e. The Morgan fingerprint density at radius 2 is 2.12 bits per heavy atom. The van der Waals surface area contributed by atoms with E-state index in [2.05, 4.69) is 29.1 Å². The average molecular weight is 255 g/mol. The van der Waals surface area contributed by atoms with E-state index >= 15 is 0 Å². The Morgan fingerprint density at radius 3 is 2.82 bits per heavy atom. The summed E-state index contributed by atoms with van der Waals surface area (Å²) in [6.07, 6.45) is 5.10. The first-order valence-corrected chi connectivity index (χ1v) is 6.48. The number of rotatable bonds is 2. The summed E-state index contributed by atoms with van der Waals surface area (Å²) in [4.78, 5) is 8.01. The zero-order valence-corrected chi connectivity index (χ0v) is 11.0. The predicted molar refractivity (Wildman–Crippen MR) is 71.0 cm³/mol. The molecule has 1 aliphatic rings. The van der Waals surface area contributed by atoms with Crippen LogP contribution in [0.25, 0.3) is 0 Å². The molecule has 17 heavy (non-hydrogen) atoms. The summed E-state index contributed by atoms with van der Waals surface area (Å²) in [5.41, 5.74) is 5.66. The van der Waals surface area contributed by atoms with Crippen LogP contribution in [0.15, 0.2) is 6.33 Å². The van der Waals surface area contributed by atoms with Crippen LogP contribution in [-0.2, 0) is 0 Å². The molecule has 1 aromatic heterocycles. The minimum atomic E-state index is 0.334. The first-order valence-electron chi connectivity index (χ1n) is 6.10. The fourth-order valence-electron chi connectivity index (χ4n) is 2.54. The molecule has 94 valence electrons. The Morgan fingerprint density at radius 1 is 1.35 bits per heavy atom. The van der Waals surface area contributed by atoms with E-state index in [9.17, 15) is 0 Å². The summed E-state index contributed by atoms with van der Waals surface area (Å²) in [5.74, 6) is 2.44. The molecule has 0 radical (unpaired) electrons. The van der Waals surface area contributed by atoms with Gasteiger partial charge in [0.1, 0.15) is 17.2 Å². The van der Waals surface area contributed by atoms with Crippen LogP contribution >= 0.6 is 11.6 Å². The number of aromatic nitrogens is 2. The van der Waals surface area contributed by atoms with Gasteiger partial charge in [0.2, 0.25) is 0 Å². The third-order valence-corrected chi connectivity index (χ3v) is 3.94. The Balaban J connectivity index is 2.08. The summed E-state index contributed by atoms with van der Waals surface area (Å²) in [5, 5.41) is 3.83. The molecular weight excluding hydrogens is 236 g/mol. The van der Waals surface area contributed by atoms with Crippen LogP contribution in [0, 0.1) is 11.8 Å². The minimum absolute atomic E-state index is 0.334. The van der Waals surface area contributed by atoms with Crippen LogP contribution in [0.5, 0.6) is 0 Å². The number of hydrogen-bond acceptors (Lipinski definition) is 4. The van der Waals surface area contributed by atoms with E-state index in [1.54, 1.807) is 0 Å². The highest BCUT2D eigenvalue weighted by Crippen LogP contribution is 2.32. The lowest BCUT2D eigenvalue weighted by molar-refractivity contribution is 0.276. The van der Waals surface area contributed by atoms with Gasteiger partial charge in [0.05, 0.1) is 0 Å². The third kappa shape index (κ3) is 2.80. The van der Waals surface area contributed by atoms with Gasteiger partial charge >= 0.3 is 0 Å². The van der Waals surface area contributed by atoms with Crippen molar-refractivity contribution in [2.45, 2.75) is 39.2 Å². The molecule has 1 aromatic rings. The Kier molecular flexibility index (Phi) is 3.72. The van der Waals surface area contributed by atoms with E-state index in [0.29, 0.717) is 28.6 Å². The minimum Gasteiger partial charge on any atom is -0.382 e. The van der Waals surface area contributed by atoms with Crippen LogP contribution in [0.1, 0.15) is 33.1 Å². The molecule has 0 bridgehead atoms. The van der Waals surface area contributed by atoms with Gasteiger partial charge in [-0.25, -0.2) is 9.97 Å². The second kappa shape index (κ2) is 5.08. The monoisotopic (exact) mass is 254 g/mol. The van der Waals surface area contributed by atoms with Gasteiger partial charge in [0.25, 0.3) is 0 Å². The van der Waals surface area contributed by atoms with E-state index in [0.717, 1.165) is 12.3 Å². The van der Waals surface area contributed by atoms with Gasteiger partial charge < -0.3 is 11.1 Å². The topological polar surface area (TPSA) is 63.8 Å². The van der Waals surface area contributed by atoms with Gasteiger partial charge in [-0.05, 0) is 31.1 Å². The summed E-state index contributed by atoms with van der Waals surface area (Å²) >= 11 is 6.08. The average Bonchev–Trinajstić information content (AvgIpc) is 2.28. The number of nitrogens with zero attached hydrogens (tertiary/aromatic N) is 2. The first kappa shape index (κ1) is 12.4. The highest BCUT2D eigenvalue weighted by atomic mass is 35.5. The Hall–Kier alpha value is -1.03. The number of nitrogens with one attached hydrogen (secondary N) is 1. The molecule has 1 heterocycles. The fourth-order valence-corrected chi connectivity index (χ4v) is 2.69. The van der Waals surface area contributed by atoms with Crippen molar-refractivity contribution in [3.63, 3.8) is 0 Å². The highest BCUT2D eigenvalue weighted by Gasteiger charge is 2.26. The molecule has 5 heteroatoms. The molecule has 0 aliphatic heterocycles. The van der Waals surface area contributed by atoms with Crippen LogP contribution in [0.2, 0.25) is 5.02 Å². The summed E-state index contributed by atoms with van der Waals surface area (Å²) in [6.45, 7) is 4.58. The maximum absolute atomic E-state index is 6.08. The van der Waals surface area contributed by atoms with E-state index in [1.165, 1.54) is 19.2 Å². The van der Waals surface area contributed by atoms with E-state index in [4.69, 9.17) is 17.3 Å². The molecule has 1 aliphatic carbocycles. The van der Waals surface area contributed by atoms with Crippen molar-refractivity contribution in [3.05, 3.63) is 11.3 Å². The van der Waals surface area contributed by atoms with Gasteiger partial charge in [-0.1, -0.05) is 25.4 Å². The Bertz CT molecular complexity index is 396. The number of anilines is 2. The molecular formula is C12H19ClN4. The molecule has 0 saturated heterocycles. The van der Waals surface area contributed by atoms with Gasteiger partial charge in [0, 0.05) is 6.04 Å². The van der Waals surface area contributed by atoms with Crippen molar-refractivity contribution in [1.29, 1.82) is 0 Å². The molecule has 2 rings (SSSR count). The summed E-state index contributed by atoms with van der Waals surface area (Å²) in [6, 6.07) is 0.429. The summed E-state index contributed by atoms with van der Waals surface area (Å²) < 4.78 is 0. The van der Waals surface area contributed by atoms with Crippen LogP contribution in [0.3, 0.4) is 0 Å². The van der Waals surface area contributed by atoms with Gasteiger partial charge in [-0.2, -0.15) is 0 Å². The van der Waals surface area contributed by atoms with Crippen LogP contribution in [-0.4, -0.2) is 16.0 Å². The molecule has 1 fully saturated rings. The Labute approximate surface area is 107 Å². The van der Waals surface area contributed by atoms with Crippen molar-refractivity contribution < 1.29 is 0 Å². The third-order valence-electron chi connectivity index (χ3n) is 3.57. The van der Waals surface area contributed by atoms with Crippen molar-refractivity contribution in [2.24, 2.45) is 11.8 Å². The number of nitrogens with two attached hydrogens (primary N) is 1. The van der Waals surface area contributed by atoms with E-state index in [-0.39, 0.29) is 0 Å². The van der Waals surface area contributed by atoms with Gasteiger partial charge in [-0.15, -0.1) is 0 Å². The molecule has 0 aromatic carbocycles. The molecule has 0 amide bonds. The lowest BCUT2D eigenvalue weighted by Crippen LogP contribution is -2.33. The largest absolute Gasteiger partial charge is 0.382 e. The van der Waals surface area contributed by atoms with Crippen molar-refractivity contribution >= 4 is 23.2 Å². The van der Waals surface area contributed by atoms with Crippen molar-refractivity contribution in [3.8, 4) is 0 Å². The zero-order valence-electron chi connectivity index (χ0n) is 10.3. The van der Waals surface area contributed by atoms with Crippen molar-refractivity contribution in [2.75, 3.05) is 11.1 Å². The molecule has 0 spiro atoms. The zero-order chi connectivity index (χ0) is 12.4. The molecule has 4 nitrogen and oxygen atoms in total. The normalized spacial score (nSPS) is 29.0. The standard InChI is InChI=1S/C12H19ClN4/c1-7-3-4-9(8(2)5-7)17-12-10(13)11(14)15-6-16-12/h6-9H,3-5H2,1-2H3,(H3,14,15,16,17). The van der Waals surface area contributed by atoms with Crippen LogP contribution < -0.4 is 11.1 Å². The molecule has 3 atom stereocenters. The number of nitrogen functional groups attached to an aromatic ring is 1. The molecule has 3 unspecified atom stereocenters.